The maximum Gasteiger partial charge on any atom is 0.228 e. The van der Waals surface area contributed by atoms with E-state index in [0.29, 0.717) is 48.8 Å². The van der Waals surface area contributed by atoms with Crippen LogP contribution in [0, 0.1) is 0 Å². The molecule has 1 aliphatic rings. The van der Waals surface area contributed by atoms with Gasteiger partial charge in [0.15, 0.2) is 24.8 Å². The van der Waals surface area contributed by atoms with Crippen LogP contribution in [0.25, 0.3) is 0 Å². The third kappa shape index (κ3) is 4.50. The minimum atomic E-state index is -3.64. The van der Waals surface area contributed by atoms with Crippen molar-refractivity contribution in [1.29, 1.82) is 0 Å². The van der Waals surface area contributed by atoms with E-state index in [1.165, 1.54) is 18.2 Å². The second-order valence-electron chi connectivity index (χ2n) is 6.38. The highest BCUT2D eigenvalue weighted by atomic mass is 32.2. The average Bonchev–Trinajstić information content (AvgIpc) is 3.03. The van der Waals surface area contributed by atoms with Crippen LogP contribution in [0.15, 0.2) is 38.0 Å². The number of sulfone groups is 2. The lowest BCUT2D eigenvalue weighted by Gasteiger charge is -2.27. The van der Waals surface area contributed by atoms with Crippen molar-refractivity contribution in [2.24, 2.45) is 0 Å². The Labute approximate surface area is 168 Å². The zero-order valence-electron chi connectivity index (χ0n) is 15.8. The first-order chi connectivity index (χ1) is 13.1. The molecule has 0 N–H and O–H groups in total. The van der Waals surface area contributed by atoms with Crippen molar-refractivity contribution in [3.05, 3.63) is 18.2 Å². The van der Waals surface area contributed by atoms with Crippen LogP contribution < -0.4 is 4.90 Å². The molecule has 154 valence electrons. The Morgan fingerprint density at radius 3 is 2.32 bits per heavy atom. The van der Waals surface area contributed by atoms with Crippen LogP contribution in [0.5, 0.6) is 0 Å². The number of ether oxygens (including phenoxy) is 1. The van der Waals surface area contributed by atoms with E-state index >= 15 is 0 Å². The highest BCUT2D eigenvalue weighted by molar-refractivity contribution is 8.00. The van der Waals surface area contributed by atoms with Gasteiger partial charge < -0.3 is 9.64 Å². The van der Waals surface area contributed by atoms with Crippen molar-refractivity contribution in [2.75, 3.05) is 43.7 Å². The summed E-state index contributed by atoms with van der Waals surface area (Å²) in [5, 5.41) is 9.05. The molecule has 2 aromatic rings. The van der Waals surface area contributed by atoms with Gasteiger partial charge in [-0.1, -0.05) is 0 Å². The summed E-state index contributed by atoms with van der Waals surface area (Å²) < 4.78 is 55.4. The normalized spacial score (nSPS) is 15.8. The molecular weight excluding hydrogens is 424 g/mol. The molecule has 2 heterocycles. The minimum absolute atomic E-state index is 0.0387. The van der Waals surface area contributed by atoms with Gasteiger partial charge in [0.2, 0.25) is 5.95 Å². The van der Waals surface area contributed by atoms with Gasteiger partial charge >= 0.3 is 0 Å². The first kappa shape index (κ1) is 21.1. The standard InChI is InChI=1S/C16H22N4O5S3/c1-4-20-15(19-7-9-25-10-8-19)17-18-16(20)26-13-6-5-12(27(2,21)22)11-14(13)28(3,23)24/h5-6,11H,4,7-10H2,1-3H3. The van der Waals surface area contributed by atoms with Gasteiger partial charge in [0.25, 0.3) is 0 Å². The number of hydrogen-bond donors (Lipinski definition) is 0. The maximum absolute atomic E-state index is 12.3. The van der Waals surface area contributed by atoms with Gasteiger partial charge in [-0.15, -0.1) is 10.2 Å². The molecule has 0 radical (unpaired) electrons. The first-order valence-corrected chi connectivity index (χ1v) is 13.2. The van der Waals surface area contributed by atoms with Crippen LogP contribution in [0.3, 0.4) is 0 Å². The van der Waals surface area contributed by atoms with Crippen molar-refractivity contribution in [3.8, 4) is 0 Å². The largest absolute Gasteiger partial charge is 0.378 e. The Kier molecular flexibility index (Phi) is 6.03. The summed E-state index contributed by atoms with van der Waals surface area (Å²) in [6.45, 7) is 5.22. The van der Waals surface area contributed by atoms with E-state index < -0.39 is 19.7 Å². The fourth-order valence-corrected chi connectivity index (χ4v) is 5.79. The fourth-order valence-electron chi connectivity index (χ4n) is 2.82. The van der Waals surface area contributed by atoms with Gasteiger partial charge in [-0.25, -0.2) is 16.8 Å². The Morgan fingerprint density at radius 1 is 1.07 bits per heavy atom. The fraction of sp³-hybridized carbons (Fsp3) is 0.500. The number of rotatable bonds is 6. The van der Waals surface area contributed by atoms with Gasteiger partial charge in [-0.05, 0) is 36.9 Å². The lowest BCUT2D eigenvalue weighted by atomic mass is 10.4. The maximum atomic E-state index is 12.3. The molecule has 3 rings (SSSR count). The van der Waals surface area contributed by atoms with Gasteiger partial charge in [0, 0.05) is 37.0 Å². The van der Waals surface area contributed by atoms with Crippen LogP contribution in [-0.2, 0) is 31.0 Å². The SMILES string of the molecule is CCn1c(Sc2ccc(S(C)(=O)=O)cc2S(C)(=O)=O)nnc1N1CCOCC1. The molecule has 0 spiro atoms. The summed E-state index contributed by atoms with van der Waals surface area (Å²) >= 11 is 1.15. The van der Waals surface area contributed by atoms with Gasteiger partial charge in [0.1, 0.15) is 0 Å². The Hall–Kier alpha value is -1.63. The molecule has 0 saturated carbocycles. The first-order valence-electron chi connectivity index (χ1n) is 8.59. The van der Waals surface area contributed by atoms with Crippen molar-refractivity contribution < 1.29 is 21.6 Å². The molecule has 1 aromatic carbocycles. The Balaban J connectivity index is 2.01. The van der Waals surface area contributed by atoms with Gasteiger partial charge in [-0.3, -0.25) is 4.57 Å². The predicted molar refractivity (Wildman–Crippen MR) is 106 cm³/mol. The summed E-state index contributed by atoms with van der Waals surface area (Å²) in [4.78, 5) is 2.40. The molecule has 0 unspecified atom stereocenters. The third-order valence-corrected chi connectivity index (χ3v) is 7.69. The minimum Gasteiger partial charge on any atom is -0.378 e. The summed E-state index contributed by atoms with van der Waals surface area (Å²) in [5.74, 6) is 0.710. The summed E-state index contributed by atoms with van der Waals surface area (Å²) in [6.07, 6.45) is 2.10. The van der Waals surface area contributed by atoms with Gasteiger partial charge in [0.05, 0.1) is 23.0 Å². The number of anilines is 1. The number of hydrogen-bond acceptors (Lipinski definition) is 9. The number of morpholine rings is 1. The molecule has 1 saturated heterocycles. The molecule has 1 aromatic heterocycles. The molecule has 1 fully saturated rings. The monoisotopic (exact) mass is 446 g/mol. The van der Waals surface area contributed by atoms with E-state index in [2.05, 4.69) is 15.1 Å². The number of nitrogens with zero attached hydrogens (tertiary/aromatic N) is 4. The summed E-state index contributed by atoms with van der Waals surface area (Å²) in [7, 11) is -7.16. The molecule has 1 aliphatic heterocycles. The van der Waals surface area contributed by atoms with Crippen molar-refractivity contribution >= 4 is 37.4 Å². The molecular formula is C16H22N4O5S3. The van der Waals surface area contributed by atoms with Crippen LogP contribution >= 0.6 is 11.8 Å². The van der Waals surface area contributed by atoms with Crippen LogP contribution in [-0.4, -0.2) is 70.4 Å². The molecule has 12 heteroatoms. The second kappa shape index (κ2) is 8.01. The molecule has 28 heavy (non-hydrogen) atoms. The average molecular weight is 447 g/mol. The highest BCUT2D eigenvalue weighted by Crippen LogP contribution is 2.35. The number of aromatic nitrogens is 3. The van der Waals surface area contributed by atoms with E-state index in [-0.39, 0.29) is 9.79 Å². The highest BCUT2D eigenvalue weighted by Gasteiger charge is 2.23. The Bertz CT molecular complexity index is 1070. The van der Waals surface area contributed by atoms with Crippen molar-refractivity contribution in [3.63, 3.8) is 0 Å². The lowest BCUT2D eigenvalue weighted by molar-refractivity contribution is 0.121. The molecule has 0 amide bonds. The molecule has 0 aliphatic carbocycles. The Morgan fingerprint density at radius 2 is 1.75 bits per heavy atom. The smallest absolute Gasteiger partial charge is 0.228 e. The van der Waals surface area contributed by atoms with Crippen LogP contribution in [0.1, 0.15) is 6.92 Å². The van der Waals surface area contributed by atoms with E-state index in [0.717, 1.165) is 24.3 Å². The second-order valence-corrected chi connectivity index (χ2v) is 11.4. The zero-order valence-corrected chi connectivity index (χ0v) is 18.3. The van der Waals surface area contributed by atoms with E-state index in [1.807, 2.05) is 11.5 Å². The van der Waals surface area contributed by atoms with Crippen LogP contribution in [0.4, 0.5) is 5.95 Å². The van der Waals surface area contributed by atoms with E-state index in [4.69, 9.17) is 4.74 Å². The summed E-state index contributed by atoms with van der Waals surface area (Å²) in [5.41, 5.74) is 0. The molecule has 9 nitrogen and oxygen atoms in total. The van der Waals surface area contributed by atoms with E-state index in [9.17, 15) is 16.8 Å². The number of benzene rings is 1. The van der Waals surface area contributed by atoms with Crippen molar-refractivity contribution in [2.45, 2.75) is 33.3 Å². The van der Waals surface area contributed by atoms with Crippen molar-refractivity contribution in [1.82, 2.24) is 14.8 Å². The predicted octanol–water partition coefficient (Wildman–Crippen LogP) is 1.09. The van der Waals surface area contributed by atoms with Gasteiger partial charge in [-0.2, -0.15) is 0 Å². The topological polar surface area (TPSA) is 111 Å². The molecule has 0 atom stereocenters. The van der Waals surface area contributed by atoms with Crippen LogP contribution in [0.2, 0.25) is 0 Å². The van der Waals surface area contributed by atoms with E-state index in [1.54, 1.807) is 0 Å². The molecule has 0 bridgehead atoms. The zero-order chi connectivity index (χ0) is 20.5. The quantitative estimate of drug-likeness (QED) is 0.644. The lowest BCUT2D eigenvalue weighted by Crippen LogP contribution is -2.38. The third-order valence-electron chi connectivity index (χ3n) is 4.25. The summed E-state index contributed by atoms with van der Waals surface area (Å²) in [6, 6.07) is 4.10.